The maximum Gasteiger partial charge on any atom is 0.236 e. The van der Waals surface area contributed by atoms with E-state index in [0.717, 1.165) is 58.1 Å². The molecule has 0 spiro atoms. The molecule has 1 unspecified atom stereocenters. The number of carbonyl (C=O) groups excluding carboxylic acids is 1. The number of guanidine groups is 1. The summed E-state index contributed by atoms with van der Waals surface area (Å²) in [4.78, 5) is 23.1. The van der Waals surface area contributed by atoms with Crippen molar-refractivity contribution in [2.75, 3.05) is 59.4 Å². The fourth-order valence-corrected chi connectivity index (χ4v) is 3.73. The molecule has 0 aromatic heterocycles. The standard InChI is InChI=1S/C21H32FN5O2.HI/c1-17(29-19-7-5-18(22)6-8-19)15-24-21(23-2)27-13-11-25(12-14-27)16-20(28)26-9-3-4-10-26;/h5-8,17H,3-4,9-16H2,1-2H3,(H,23,24);1H. The number of ether oxygens (including phenoxy) is 1. The summed E-state index contributed by atoms with van der Waals surface area (Å²) >= 11 is 0. The number of piperazine rings is 1. The van der Waals surface area contributed by atoms with Gasteiger partial charge in [0.15, 0.2) is 5.96 Å². The molecule has 0 aliphatic carbocycles. The summed E-state index contributed by atoms with van der Waals surface area (Å²) in [5.74, 6) is 1.46. The van der Waals surface area contributed by atoms with Crippen molar-refractivity contribution in [3.8, 4) is 5.75 Å². The lowest BCUT2D eigenvalue weighted by atomic mass is 10.3. The zero-order valence-corrected chi connectivity index (χ0v) is 20.2. The monoisotopic (exact) mass is 533 g/mol. The van der Waals surface area contributed by atoms with E-state index in [2.05, 4.69) is 20.1 Å². The van der Waals surface area contributed by atoms with Gasteiger partial charge in [0.25, 0.3) is 0 Å². The summed E-state index contributed by atoms with van der Waals surface area (Å²) in [6, 6.07) is 6.04. The summed E-state index contributed by atoms with van der Waals surface area (Å²) < 4.78 is 18.8. The highest BCUT2D eigenvalue weighted by Gasteiger charge is 2.24. The van der Waals surface area contributed by atoms with Crippen molar-refractivity contribution in [3.63, 3.8) is 0 Å². The Morgan fingerprint density at radius 3 is 2.33 bits per heavy atom. The molecule has 2 aliphatic rings. The molecule has 2 aliphatic heterocycles. The molecule has 1 amide bonds. The first-order valence-corrected chi connectivity index (χ1v) is 10.4. The van der Waals surface area contributed by atoms with Gasteiger partial charge in [0.1, 0.15) is 17.7 Å². The van der Waals surface area contributed by atoms with E-state index in [9.17, 15) is 9.18 Å². The lowest BCUT2D eigenvalue weighted by molar-refractivity contribution is -0.131. The van der Waals surface area contributed by atoms with Crippen LogP contribution in [-0.2, 0) is 4.79 Å². The molecular weight excluding hydrogens is 500 g/mol. The second-order valence-electron chi connectivity index (χ2n) is 7.66. The van der Waals surface area contributed by atoms with E-state index in [0.29, 0.717) is 18.8 Å². The van der Waals surface area contributed by atoms with Crippen LogP contribution in [-0.4, -0.2) is 92.1 Å². The van der Waals surface area contributed by atoms with Crippen LogP contribution in [0.2, 0.25) is 0 Å². The van der Waals surface area contributed by atoms with Gasteiger partial charge in [-0.3, -0.25) is 14.7 Å². The lowest BCUT2D eigenvalue weighted by Gasteiger charge is -2.36. The SMILES string of the molecule is CN=C(NCC(C)Oc1ccc(F)cc1)N1CCN(CC(=O)N2CCCC2)CC1.I. The normalized spacial score (nSPS) is 18.7. The Morgan fingerprint density at radius 2 is 1.73 bits per heavy atom. The molecule has 0 bridgehead atoms. The van der Waals surface area contributed by atoms with Crippen LogP contribution < -0.4 is 10.1 Å². The van der Waals surface area contributed by atoms with Crippen LogP contribution in [0.25, 0.3) is 0 Å². The van der Waals surface area contributed by atoms with Gasteiger partial charge in [-0.05, 0) is 44.0 Å². The molecule has 2 saturated heterocycles. The van der Waals surface area contributed by atoms with E-state index in [1.165, 1.54) is 12.1 Å². The molecule has 1 aromatic carbocycles. The van der Waals surface area contributed by atoms with E-state index in [4.69, 9.17) is 4.74 Å². The fraction of sp³-hybridized carbons (Fsp3) is 0.619. The number of nitrogens with zero attached hydrogens (tertiary/aromatic N) is 4. The van der Waals surface area contributed by atoms with Crippen molar-refractivity contribution < 1.29 is 13.9 Å². The van der Waals surface area contributed by atoms with E-state index in [1.807, 2.05) is 11.8 Å². The predicted molar refractivity (Wildman–Crippen MR) is 127 cm³/mol. The second kappa shape index (κ2) is 12.3. The summed E-state index contributed by atoms with van der Waals surface area (Å²) in [6.45, 7) is 8.26. The first-order chi connectivity index (χ1) is 14.0. The van der Waals surface area contributed by atoms with Crippen LogP contribution >= 0.6 is 24.0 Å². The van der Waals surface area contributed by atoms with Crippen molar-refractivity contribution in [1.82, 2.24) is 20.0 Å². The van der Waals surface area contributed by atoms with Crippen LogP contribution in [0.15, 0.2) is 29.3 Å². The van der Waals surface area contributed by atoms with Crippen LogP contribution in [0, 0.1) is 5.82 Å². The molecule has 2 fully saturated rings. The fourth-order valence-electron chi connectivity index (χ4n) is 3.73. The molecule has 7 nitrogen and oxygen atoms in total. The topological polar surface area (TPSA) is 60.4 Å². The summed E-state index contributed by atoms with van der Waals surface area (Å²) in [5, 5.41) is 3.35. The average molecular weight is 533 g/mol. The number of rotatable bonds is 6. The Hall–Kier alpha value is -1.62. The van der Waals surface area contributed by atoms with E-state index < -0.39 is 0 Å². The lowest BCUT2D eigenvalue weighted by Crippen LogP contribution is -2.54. The van der Waals surface area contributed by atoms with Crippen molar-refractivity contribution in [2.24, 2.45) is 4.99 Å². The van der Waals surface area contributed by atoms with Gasteiger partial charge in [0.2, 0.25) is 5.91 Å². The van der Waals surface area contributed by atoms with Crippen molar-refractivity contribution in [1.29, 1.82) is 0 Å². The van der Waals surface area contributed by atoms with Crippen molar-refractivity contribution >= 4 is 35.8 Å². The highest BCUT2D eigenvalue weighted by Crippen LogP contribution is 2.13. The van der Waals surface area contributed by atoms with Crippen molar-refractivity contribution in [3.05, 3.63) is 30.1 Å². The molecule has 1 atom stereocenters. The number of halogens is 2. The smallest absolute Gasteiger partial charge is 0.236 e. The molecular formula is C21H33FIN5O2. The number of benzene rings is 1. The Labute approximate surface area is 195 Å². The third kappa shape index (κ3) is 7.26. The summed E-state index contributed by atoms with van der Waals surface area (Å²) in [6.07, 6.45) is 2.17. The molecule has 2 heterocycles. The van der Waals surface area contributed by atoms with Gasteiger partial charge in [-0.15, -0.1) is 24.0 Å². The summed E-state index contributed by atoms with van der Waals surface area (Å²) in [5.41, 5.74) is 0. The van der Waals surface area contributed by atoms with Crippen LogP contribution in [0.5, 0.6) is 5.75 Å². The maximum atomic E-state index is 13.0. The van der Waals surface area contributed by atoms with Gasteiger partial charge < -0.3 is 19.9 Å². The maximum absolute atomic E-state index is 13.0. The highest BCUT2D eigenvalue weighted by molar-refractivity contribution is 14.0. The molecule has 30 heavy (non-hydrogen) atoms. The Balaban J connectivity index is 0.00000320. The van der Waals surface area contributed by atoms with E-state index in [1.54, 1.807) is 19.2 Å². The Bertz CT molecular complexity index is 689. The van der Waals surface area contributed by atoms with Crippen molar-refractivity contribution in [2.45, 2.75) is 25.9 Å². The summed E-state index contributed by atoms with van der Waals surface area (Å²) in [7, 11) is 1.77. The zero-order chi connectivity index (χ0) is 20.6. The number of amides is 1. The first kappa shape index (κ1) is 24.6. The third-order valence-corrected chi connectivity index (χ3v) is 5.40. The minimum Gasteiger partial charge on any atom is -0.489 e. The quantitative estimate of drug-likeness (QED) is 0.345. The van der Waals surface area contributed by atoms with Gasteiger partial charge in [-0.1, -0.05) is 0 Å². The molecule has 3 rings (SSSR count). The number of nitrogens with one attached hydrogen (secondary N) is 1. The van der Waals surface area contributed by atoms with Gasteiger partial charge >= 0.3 is 0 Å². The Kier molecular flexibility index (Phi) is 10.1. The van der Waals surface area contributed by atoms with Crippen LogP contribution in [0.3, 0.4) is 0 Å². The first-order valence-electron chi connectivity index (χ1n) is 10.4. The number of likely N-dealkylation sites (tertiary alicyclic amines) is 1. The molecule has 168 valence electrons. The van der Waals surface area contributed by atoms with Gasteiger partial charge in [0, 0.05) is 46.3 Å². The molecule has 1 aromatic rings. The minimum atomic E-state index is -0.273. The van der Waals surface area contributed by atoms with Gasteiger partial charge in [0.05, 0.1) is 13.1 Å². The van der Waals surface area contributed by atoms with E-state index >= 15 is 0 Å². The molecule has 0 saturated carbocycles. The molecule has 0 radical (unpaired) electrons. The van der Waals surface area contributed by atoms with Crippen LogP contribution in [0.4, 0.5) is 4.39 Å². The number of hydrogen-bond donors (Lipinski definition) is 1. The zero-order valence-electron chi connectivity index (χ0n) is 17.8. The third-order valence-electron chi connectivity index (χ3n) is 5.40. The number of carbonyl (C=O) groups is 1. The Morgan fingerprint density at radius 1 is 1.10 bits per heavy atom. The average Bonchev–Trinajstić information content (AvgIpc) is 3.26. The number of hydrogen-bond acceptors (Lipinski definition) is 4. The predicted octanol–water partition coefficient (Wildman–Crippen LogP) is 2.03. The molecule has 1 N–H and O–H groups in total. The van der Waals surface area contributed by atoms with Gasteiger partial charge in [-0.2, -0.15) is 0 Å². The van der Waals surface area contributed by atoms with Gasteiger partial charge in [-0.25, -0.2) is 4.39 Å². The van der Waals surface area contributed by atoms with Crippen LogP contribution in [0.1, 0.15) is 19.8 Å². The van der Waals surface area contributed by atoms with E-state index in [-0.39, 0.29) is 41.8 Å². The number of aliphatic imine (C=N–C) groups is 1. The molecule has 9 heteroatoms. The highest BCUT2D eigenvalue weighted by atomic mass is 127. The minimum absolute atomic E-state index is 0. The largest absolute Gasteiger partial charge is 0.489 e. The second-order valence-corrected chi connectivity index (χ2v) is 7.66.